The molecule has 1 aromatic carbocycles. The highest BCUT2D eigenvalue weighted by atomic mass is 16.5. The van der Waals surface area contributed by atoms with Crippen LogP contribution in [0.15, 0.2) is 24.3 Å². The van der Waals surface area contributed by atoms with E-state index in [1.807, 2.05) is 31.2 Å². The molecule has 3 heteroatoms. The molecule has 2 atom stereocenters. The van der Waals surface area contributed by atoms with E-state index in [1.165, 1.54) is 25.8 Å². The van der Waals surface area contributed by atoms with Crippen molar-refractivity contribution in [1.82, 2.24) is 4.90 Å². The van der Waals surface area contributed by atoms with E-state index < -0.39 is 0 Å². The molecule has 0 saturated carbocycles. The van der Waals surface area contributed by atoms with Gasteiger partial charge in [-0.15, -0.1) is 0 Å². The number of piperidine rings is 1. The van der Waals surface area contributed by atoms with Crippen molar-refractivity contribution in [1.29, 1.82) is 0 Å². The summed E-state index contributed by atoms with van der Waals surface area (Å²) in [4.78, 5) is 2.46. The molecule has 0 bridgehead atoms. The van der Waals surface area contributed by atoms with E-state index >= 15 is 0 Å². The van der Waals surface area contributed by atoms with E-state index in [0.717, 1.165) is 24.3 Å². The van der Waals surface area contributed by atoms with Crippen molar-refractivity contribution in [3.05, 3.63) is 29.8 Å². The van der Waals surface area contributed by atoms with Crippen molar-refractivity contribution >= 4 is 0 Å². The molecular weight excluding hydrogens is 236 g/mol. The predicted octanol–water partition coefficient (Wildman–Crippen LogP) is 2.96. The molecule has 1 heterocycles. The lowest BCUT2D eigenvalue weighted by molar-refractivity contribution is 0.153. The number of rotatable bonds is 5. The Kier molecular flexibility index (Phi) is 5.23. The first-order valence-electron chi connectivity index (χ1n) is 7.35. The summed E-state index contributed by atoms with van der Waals surface area (Å²) in [6.45, 7) is 4.02. The third-order valence-electron chi connectivity index (χ3n) is 4.05. The van der Waals surface area contributed by atoms with Gasteiger partial charge in [0, 0.05) is 12.1 Å². The van der Waals surface area contributed by atoms with Gasteiger partial charge in [0.1, 0.15) is 5.75 Å². The highest BCUT2D eigenvalue weighted by Gasteiger charge is 2.18. The van der Waals surface area contributed by atoms with Crippen molar-refractivity contribution < 1.29 is 4.74 Å². The number of benzene rings is 1. The number of nitrogens with zero attached hydrogens (tertiary/aromatic N) is 1. The zero-order chi connectivity index (χ0) is 13.7. The van der Waals surface area contributed by atoms with Crippen LogP contribution in [-0.2, 0) is 0 Å². The quantitative estimate of drug-likeness (QED) is 0.886. The Hall–Kier alpha value is -1.06. The van der Waals surface area contributed by atoms with Crippen LogP contribution >= 0.6 is 0 Å². The second-order valence-electron chi connectivity index (χ2n) is 5.63. The van der Waals surface area contributed by atoms with Crippen LogP contribution in [-0.4, -0.2) is 31.1 Å². The van der Waals surface area contributed by atoms with Crippen LogP contribution in [0.25, 0.3) is 0 Å². The Bertz CT molecular complexity index is 375. The molecule has 0 aromatic heterocycles. The van der Waals surface area contributed by atoms with Crippen molar-refractivity contribution in [2.45, 2.75) is 44.7 Å². The molecule has 0 amide bonds. The van der Waals surface area contributed by atoms with E-state index in [1.54, 1.807) is 0 Å². The number of likely N-dealkylation sites (tertiary alicyclic amines) is 1. The van der Waals surface area contributed by atoms with Crippen LogP contribution in [0.4, 0.5) is 0 Å². The third kappa shape index (κ3) is 4.22. The van der Waals surface area contributed by atoms with Crippen LogP contribution in [0.2, 0.25) is 0 Å². The standard InChI is InChI=1S/C16H26N2O/c1-13(17)14-6-8-16(9-7-14)19-12-10-15-5-3-4-11-18(15)2/h6-9,13,15H,3-5,10-12,17H2,1-2H3/t13-,15?/m0/s1. The smallest absolute Gasteiger partial charge is 0.119 e. The molecule has 0 spiro atoms. The molecular formula is C16H26N2O. The molecule has 1 unspecified atom stereocenters. The predicted molar refractivity (Wildman–Crippen MR) is 79.4 cm³/mol. The van der Waals surface area contributed by atoms with E-state index in [0.29, 0.717) is 6.04 Å². The van der Waals surface area contributed by atoms with Gasteiger partial charge >= 0.3 is 0 Å². The molecule has 1 aliphatic rings. The summed E-state index contributed by atoms with van der Waals surface area (Å²) in [5.41, 5.74) is 6.98. The molecule has 2 N–H and O–H groups in total. The van der Waals surface area contributed by atoms with Crippen molar-refractivity contribution in [3.63, 3.8) is 0 Å². The minimum absolute atomic E-state index is 0.0879. The maximum Gasteiger partial charge on any atom is 0.119 e. The average molecular weight is 262 g/mol. The highest BCUT2D eigenvalue weighted by molar-refractivity contribution is 5.28. The Labute approximate surface area is 116 Å². The largest absolute Gasteiger partial charge is 0.494 e. The number of hydrogen-bond acceptors (Lipinski definition) is 3. The minimum atomic E-state index is 0.0879. The second-order valence-corrected chi connectivity index (χ2v) is 5.63. The van der Waals surface area contributed by atoms with Gasteiger partial charge in [0.15, 0.2) is 0 Å². The van der Waals surface area contributed by atoms with Crippen molar-refractivity contribution in [2.24, 2.45) is 5.73 Å². The molecule has 1 fully saturated rings. The lowest BCUT2D eigenvalue weighted by Gasteiger charge is -2.32. The molecule has 0 aliphatic carbocycles. The Morgan fingerprint density at radius 3 is 2.68 bits per heavy atom. The molecule has 1 aromatic rings. The lowest BCUT2D eigenvalue weighted by atomic mass is 10.0. The summed E-state index contributed by atoms with van der Waals surface area (Å²) in [7, 11) is 2.22. The van der Waals surface area contributed by atoms with Gasteiger partial charge in [-0.05, 0) is 57.5 Å². The summed E-state index contributed by atoms with van der Waals surface area (Å²) < 4.78 is 5.82. The maximum atomic E-state index is 5.83. The molecule has 1 saturated heterocycles. The first-order valence-corrected chi connectivity index (χ1v) is 7.35. The highest BCUT2D eigenvalue weighted by Crippen LogP contribution is 2.19. The molecule has 106 valence electrons. The van der Waals surface area contributed by atoms with E-state index in [-0.39, 0.29) is 6.04 Å². The zero-order valence-electron chi connectivity index (χ0n) is 12.1. The number of hydrogen-bond donors (Lipinski definition) is 1. The van der Waals surface area contributed by atoms with Gasteiger partial charge in [-0.2, -0.15) is 0 Å². The van der Waals surface area contributed by atoms with Crippen LogP contribution in [0.5, 0.6) is 5.75 Å². The van der Waals surface area contributed by atoms with Gasteiger partial charge in [0.05, 0.1) is 6.61 Å². The molecule has 0 radical (unpaired) electrons. The number of ether oxygens (including phenoxy) is 1. The monoisotopic (exact) mass is 262 g/mol. The Balaban J connectivity index is 1.75. The van der Waals surface area contributed by atoms with Crippen molar-refractivity contribution in [2.75, 3.05) is 20.2 Å². The van der Waals surface area contributed by atoms with E-state index in [9.17, 15) is 0 Å². The first-order chi connectivity index (χ1) is 9.16. The zero-order valence-corrected chi connectivity index (χ0v) is 12.1. The van der Waals surface area contributed by atoms with Gasteiger partial charge in [-0.1, -0.05) is 18.6 Å². The molecule has 3 nitrogen and oxygen atoms in total. The van der Waals surface area contributed by atoms with Gasteiger partial charge < -0.3 is 15.4 Å². The summed E-state index contributed by atoms with van der Waals surface area (Å²) >= 11 is 0. The van der Waals surface area contributed by atoms with Gasteiger partial charge in [0.25, 0.3) is 0 Å². The average Bonchev–Trinajstić information content (AvgIpc) is 2.41. The molecule has 1 aliphatic heterocycles. The topological polar surface area (TPSA) is 38.5 Å². The van der Waals surface area contributed by atoms with Crippen LogP contribution < -0.4 is 10.5 Å². The Morgan fingerprint density at radius 2 is 2.05 bits per heavy atom. The maximum absolute atomic E-state index is 5.83. The Morgan fingerprint density at radius 1 is 1.32 bits per heavy atom. The van der Waals surface area contributed by atoms with Gasteiger partial charge in [-0.3, -0.25) is 0 Å². The fourth-order valence-corrected chi connectivity index (χ4v) is 2.69. The van der Waals surface area contributed by atoms with Gasteiger partial charge in [-0.25, -0.2) is 0 Å². The third-order valence-corrected chi connectivity index (χ3v) is 4.05. The summed E-state index contributed by atoms with van der Waals surface area (Å²) in [6, 6.07) is 8.91. The second kappa shape index (κ2) is 6.92. The van der Waals surface area contributed by atoms with E-state index in [4.69, 9.17) is 10.5 Å². The first kappa shape index (κ1) is 14.4. The van der Waals surface area contributed by atoms with Gasteiger partial charge in [0.2, 0.25) is 0 Å². The lowest BCUT2D eigenvalue weighted by Crippen LogP contribution is -2.37. The minimum Gasteiger partial charge on any atom is -0.494 e. The van der Waals surface area contributed by atoms with E-state index in [2.05, 4.69) is 11.9 Å². The molecule has 19 heavy (non-hydrogen) atoms. The summed E-state index contributed by atoms with van der Waals surface area (Å²) in [6.07, 6.45) is 5.12. The number of nitrogens with two attached hydrogens (primary N) is 1. The molecule has 2 rings (SSSR count). The van der Waals surface area contributed by atoms with Crippen LogP contribution in [0, 0.1) is 0 Å². The SMILES string of the molecule is C[C@H](N)c1ccc(OCCC2CCCCN2C)cc1. The fraction of sp³-hybridized carbons (Fsp3) is 0.625. The summed E-state index contributed by atoms with van der Waals surface area (Å²) in [5.74, 6) is 0.947. The van der Waals surface area contributed by atoms with Crippen molar-refractivity contribution in [3.8, 4) is 5.75 Å². The summed E-state index contributed by atoms with van der Waals surface area (Å²) in [5, 5.41) is 0. The fourth-order valence-electron chi connectivity index (χ4n) is 2.69. The normalized spacial score (nSPS) is 22.2. The van der Waals surface area contributed by atoms with Crippen LogP contribution in [0.3, 0.4) is 0 Å². The van der Waals surface area contributed by atoms with Crippen LogP contribution in [0.1, 0.15) is 44.2 Å².